The Hall–Kier alpha value is -6.84. The third kappa shape index (κ3) is 3.96. The molecule has 52 heavy (non-hydrogen) atoms. The van der Waals surface area contributed by atoms with Crippen molar-refractivity contribution in [3.63, 3.8) is 0 Å². The van der Waals surface area contributed by atoms with Gasteiger partial charge in [-0.05, 0) is 53.6 Å². The lowest BCUT2D eigenvalue weighted by molar-refractivity contribution is 0.400. The summed E-state index contributed by atoms with van der Waals surface area (Å²) in [6.45, 7) is 0. The molecule has 0 N–H and O–H groups in total. The molecule has 0 amide bonds. The predicted octanol–water partition coefficient (Wildman–Crippen LogP) is 12.7. The van der Waals surface area contributed by atoms with Crippen LogP contribution in [0.3, 0.4) is 0 Å². The number of hydrogen-bond donors (Lipinski definition) is 0. The van der Waals surface area contributed by atoms with Crippen LogP contribution < -0.4 is 9.47 Å². The molecule has 0 aliphatic carbocycles. The summed E-state index contributed by atoms with van der Waals surface area (Å²) in [5.41, 5.74) is 11.6. The first kappa shape index (κ1) is 28.9. The van der Waals surface area contributed by atoms with E-state index in [1.807, 2.05) is 0 Å². The number of ether oxygens (including phenoxy) is 2. The van der Waals surface area contributed by atoms with Gasteiger partial charge in [0.1, 0.15) is 23.0 Å². The van der Waals surface area contributed by atoms with Crippen LogP contribution in [0.15, 0.2) is 188 Å². The lowest BCUT2D eigenvalue weighted by Gasteiger charge is -2.45. The van der Waals surface area contributed by atoms with Gasteiger partial charge in [-0.25, -0.2) is 0 Å². The Bertz CT molecular complexity index is 2810. The van der Waals surface area contributed by atoms with E-state index < -0.39 is 5.41 Å². The molecule has 0 atom stereocenters. The number of aromatic nitrogens is 1. The topological polar surface area (TPSA) is 23.4 Å². The SMILES string of the molecule is c1ccc(-c2cccc3c2Oc2ccc(-c4cccc5c6ccccc6n(-c6ccccc6)c45)cc2C32c3ccccc3Oc3ccccc32)cc1. The van der Waals surface area contributed by atoms with E-state index in [1.165, 1.54) is 21.8 Å². The molecule has 8 aromatic carbocycles. The van der Waals surface area contributed by atoms with E-state index in [4.69, 9.17) is 9.47 Å². The van der Waals surface area contributed by atoms with Crippen molar-refractivity contribution < 1.29 is 9.47 Å². The maximum Gasteiger partial charge on any atom is 0.140 e. The number of rotatable bonds is 3. The molecule has 2 aliphatic rings. The summed E-state index contributed by atoms with van der Waals surface area (Å²) >= 11 is 0. The highest BCUT2D eigenvalue weighted by Crippen LogP contribution is 2.63. The molecule has 3 heteroatoms. The zero-order chi connectivity index (χ0) is 34.2. The minimum absolute atomic E-state index is 0.713. The number of nitrogens with zero attached hydrogens (tertiary/aromatic N) is 1. The molecule has 9 aromatic rings. The van der Waals surface area contributed by atoms with Crippen LogP contribution in [0.2, 0.25) is 0 Å². The van der Waals surface area contributed by atoms with E-state index in [9.17, 15) is 0 Å². The first-order chi connectivity index (χ1) is 25.8. The van der Waals surface area contributed by atoms with Crippen molar-refractivity contribution >= 4 is 21.8 Å². The first-order valence-corrected chi connectivity index (χ1v) is 17.8. The highest BCUT2D eigenvalue weighted by molar-refractivity contribution is 6.13. The van der Waals surface area contributed by atoms with Gasteiger partial charge < -0.3 is 14.0 Å². The number of benzene rings is 8. The molecule has 11 rings (SSSR count). The van der Waals surface area contributed by atoms with Gasteiger partial charge in [-0.15, -0.1) is 0 Å². The van der Waals surface area contributed by atoms with E-state index in [2.05, 4.69) is 193 Å². The molecule has 244 valence electrons. The first-order valence-electron chi connectivity index (χ1n) is 17.8. The fraction of sp³-hybridized carbons (Fsp3) is 0.0204. The molecule has 0 radical (unpaired) electrons. The molecule has 3 heterocycles. The maximum atomic E-state index is 7.09. The van der Waals surface area contributed by atoms with E-state index in [0.29, 0.717) is 0 Å². The highest BCUT2D eigenvalue weighted by Gasteiger charge is 2.51. The summed E-state index contributed by atoms with van der Waals surface area (Å²) in [6, 6.07) is 66.9. The fourth-order valence-electron chi connectivity index (χ4n) is 8.79. The molecule has 3 nitrogen and oxygen atoms in total. The van der Waals surface area contributed by atoms with Crippen LogP contribution in [0.5, 0.6) is 23.0 Å². The fourth-order valence-corrected chi connectivity index (χ4v) is 8.79. The molecule has 0 fully saturated rings. The summed E-state index contributed by atoms with van der Waals surface area (Å²) in [6.07, 6.45) is 0. The number of fused-ring (bicyclic) bond motifs is 11. The molecule has 0 bridgehead atoms. The molecule has 0 unspecified atom stereocenters. The lowest BCUT2D eigenvalue weighted by atomic mass is 9.61. The van der Waals surface area contributed by atoms with Gasteiger partial charge in [0.15, 0.2) is 0 Å². The largest absolute Gasteiger partial charge is 0.457 e. The summed E-state index contributed by atoms with van der Waals surface area (Å²) in [4.78, 5) is 0. The van der Waals surface area contributed by atoms with E-state index in [1.54, 1.807) is 0 Å². The van der Waals surface area contributed by atoms with Crippen molar-refractivity contribution in [3.8, 4) is 50.9 Å². The van der Waals surface area contributed by atoms with Gasteiger partial charge in [-0.2, -0.15) is 0 Å². The molecule has 2 aliphatic heterocycles. The molecule has 1 aromatic heterocycles. The van der Waals surface area contributed by atoms with Crippen molar-refractivity contribution in [3.05, 3.63) is 210 Å². The van der Waals surface area contributed by atoms with E-state index in [-0.39, 0.29) is 0 Å². The summed E-state index contributed by atoms with van der Waals surface area (Å²) < 4.78 is 16.2. The zero-order valence-corrected chi connectivity index (χ0v) is 28.2. The van der Waals surface area contributed by atoms with Crippen molar-refractivity contribution in [1.29, 1.82) is 0 Å². The standard InChI is InChI=1S/C49H31NO2/c1-3-15-32(16-4-1)36-21-14-25-41-48(36)52-46-30-29-33(31-42(46)49(41)39-23-8-11-27-44(39)51-45-28-12-9-24-40(45)49)35-20-13-22-38-37-19-7-10-26-43(37)50(47(35)38)34-17-5-2-6-18-34/h1-31H. The predicted molar refractivity (Wildman–Crippen MR) is 210 cm³/mol. The van der Waals surface area contributed by atoms with Crippen LogP contribution in [0, 0.1) is 0 Å². The summed E-state index contributed by atoms with van der Waals surface area (Å²) in [5, 5.41) is 2.45. The average molecular weight is 666 g/mol. The molecular formula is C49H31NO2. The molecular weight excluding hydrogens is 635 g/mol. The van der Waals surface area contributed by atoms with Crippen molar-refractivity contribution in [2.45, 2.75) is 5.41 Å². The summed E-state index contributed by atoms with van der Waals surface area (Å²) in [5.74, 6) is 3.40. The molecule has 1 spiro atoms. The zero-order valence-electron chi connectivity index (χ0n) is 28.2. The van der Waals surface area contributed by atoms with Gasteiger partial charge in [0.2, 0.25) is 0 Å². The quantitative estimate of drug-likeness (QED) is 0.187. The van der Waals surface area contributed by atoms with Gasteiger partial charge in [-0.3, -0.25) is 0 Å². The van der Waals surface area contributed by atoms with Crippen LogP contribution in [0.4, 0.5) is 0 Å². The minimum atomic E-state index is -0.713. The van der Waals surface area contributed by atoms with E-state index in [0.717, 1.165) is 73.2 Å². The Morgan fingerprint density at radius 2 is 0.981 bits per heavy atom. The average Bonchev–Trinajstić information content (AvgIpc) is 3.56. The normalized spacial score (nSPS) is 13.5. The molecule has 0 saturated heterocycles. The second kappa shape index (κ2) is 11.1. The van der Waals surface area contributed by atoms with Gasteiger partial charge in [0, 0.05) is 49.8 Å². The lowest BCUT2D eigenvalue weighted by Crippen LogP contribution is -2.37. The van der Waals surface area contributed by atoms with Crippen molar-refractivity contribution in [1.82, 2.24) is 4.57 Å². The third-order valence-corrected chi connectivity index (χ3v) is 10.9. The number of para-hydroxylation sites is 6. The Morgan fingerprint density at radius 3 is 1.77 bits per heavy atom. The van der Waals surface area contributed by atoms with Crippen LogP contribution in [-0.2, 0) is 5.41 Å². The Balaban J connectivity index is 1.25. The van der Waals surface area contributed by atoms with E-state index >= 15 is 0 Å². The van der Waals surface area contributed by atoms with Crippen molar-refractivity contribution in [2.24, 2.45) is 0 Å². The second-order valence-electron chi connectivity index (χ2n) is 13.6. The van der Waals surface area contributed by atoms with Gasteiger partial charge >= 0.3 is 0 Å². The van der Waals surface area contributed by atoms with Crippen LogP contribution >= 0.6 is 0 Å². The Morgan fingerprint density at radius 1 is 0.385 bits per heavy atom. The van der Waals surface area contributed by atoms with Gasteiger partial charge in [0.05, 0.1) is 16.4 Å². The van der Waals surface area contributed by atoms with Gasteiger partial charge in [0.25, 0.3) is 0 Å². The smallest absolute Gasteiger partial charge is 0.140 e. The maximum absolute atomic E-state index is 7.09. The Labute approximate surface area is 301 Å². The van der Waals surface area contributed by atoms with Crippen LogP contribution in [0.1, 0.15) is 22.3 Å². The van der Waals surface area contributed by atoms with Crippen molar-refractivity contribution in [2.75, 3.05) is 0 Å². The highest BCUT2D eigenvalue weighted by atomic mass is 16.5. The summed E-state index contributed by atoms with van der Waals surface area (Å²) in [7, 11) is 0. The van der Waals surface area contributed by atoms with Crippen LogP contribution in [0.25, 0.3) is 49.7 Å². The minimum Gasteiger partial charge on any atom is -0.457 e. The second-order valence-corrected chi connectivity index (χ2v) is 13.6. The molecule has 0 saturated carbocycles. The number of hydrogen-bond acceptors (Lipinski definition) is 2. The Kier molecular flexibility index (Phi) is 6.17. The van der Waals surface area contributed by atoms with Crippen LogP contribution in [-0.4, -0.2) is 4.57 Å². The third-order valence-electron chi connectivity index (χ3n) is 10.9. The monoisotopic (exact) mass is 665 g/mol. The van der Waals surface area contributed by atoms with Gasteiger partial charge in [-0.1, -0.05) is 146 Å².